The van der Waals surface area contributed by atoms with Crippen molar-refractivity contribution in [2.75, 3.05) is 13.1 Å². The minimum atomic E-state index is 0.355. The van der Waals surface area contributed by atoms with E-state index in [0.717, 1.165) is 65.9 Å². The summed E-state index contributed by atoms with van der Waals surface area (Å²) in [6.45, 7) is 9.05. The molecule has 0 bridgehead atoms. The zero-order valence-corrected chi connectivity index (χ0v) is 16.7. The first-order valence-corrected chi connectivity index (χ1v) is 10.2. The summed E-state index contributed by atoms with van der Waals surface area (Å²) in [4.78, 5) is 12.4. The lowest BCUT2D eigenvalue weighted by Gasteiger charge is -2.32. The average Bonchev–Trinajstić information content (AvgIpc) is 3.31. The van der Waals surface area contributed by atoms with E-state index in [1.165, 1.54) is 11.5 Å². The van der Waals surface area contributed by atoms with Gasteiger partial charge in [0.25, 0.3) is 0 Å². The van der Waals surface area contributed by atoms with Crippen molar-refractivity contribution < 1.29 is 4.52 Å². The van der Waals surface area contributed by atoms with E-state index in [4.69, 9.17) is 4.52 Å². The molecule has 1 atom stereocenters. The summed E-state index contributed by atoms with van der Waals surface area (Å²) in [6.07, 6.45) is 6.17. The molecule has 0 saturated carbocycles. The Bertz CT molecular complexity index is 888. The van der Waals surface area contributed by atoms with Crippen LogP contribution in [0.5, 0.6) is 0 Å². The van der Waals surface area contributed by atoms with Gasteiger partial charge in [-0.3, -0.25) is 4.90 Å². The molecule has 1 fully saturated rings. The zero-order chi connectivity index (χ0) is 18.8. The number of hydrogen-bond acceptors (Lipinski definition) is 8. The molecule has 142 valence electrons. The van der Waals surface area contributed by atoms with Crippen LogP contribution in [-0.2, 0) is 6.54 Å². The Morgan fingerprint density at radius 1 is 1.30 bits per heavy atom. The van der Waals surface area contributed by atoms with Crippen molar-refractivity contribution in [1.29, 1.82) is 0 Å². The molecule has 8 heteroatoms. The first kappa shape index (κ1) is 18.2. The van der Waals surface area contributed by atoms with Crippen LogP contribution in [0.25, 0.3) is 10.6 Å². The quantitative estimate of drug-likeness (QED) is 0.662. The summed E-state index contributed by atoms with van der Waals surface area (Å²) in [7, 11) is 0. The number of nitrogens with zero attached hydrogens (tertiary/aromatic N) is 6. The van der Waals surface area contributed by atoms with Crippen LogP contribution in [0.1, 0.15) is 61.3 Å². The maximum atomic E-state index is 5.44. The topological polar surface area (TPSA) is 80.8 Å². The van der Waals surface area contributed by atoms with Gasteiger partial charge in [-0.1, -0.05) is 23.5 Å². The Kier molecular flexibility index (Phi) is 5.27. The number of rotatable bonds is 5. The molecule has 3 aromatic heterocycles. The van der Waals surface area contributed by atoms with Gasteiger partial charge in [0, 0.05) is 48.9 Å². The van der Waals surface area contributed by atoms with Gasteiger partial charge in [0.15, 0.2) is 5.76 Å². The molecule has 27 heavy (non-hydrogen) atoms. The number of likely N-dealkylation sites (tertiary alicyclic amines) is 1. The first-order valence-electron chi connectivity index (χ1n) is 9.39. The molecule has 4 rings (SSSR count). The van der Waals surface area contributed by atoms with Crippen LogP contribution in [-0.4, -0.2) is 42.7 Å². The fraction of sp³-hybridized carbons (Fsp3) is 0.526. The number of aromatic nitrogens is 5. The van der Waals surface area contributed by atoms with Crippen molar-refractivity contribution in [3.63, 3.8) is 0 Å². The molecule has 0 aromatic carbocycles. The van der Waals surface area contributed by atoms with Gasteiger partial charge in [-0.15, -0.1) is 5.10 Å². The Labute approximate surface area is 163 Å². The van der Waals surface area contributed by atoms with Crippen LogP contribution in [0.2, 0.25) is 0 Å². The molecule has 0 aliphatic carbocycles. The van der Waals surface area contributed by atoms with Gasteiger partial charge < -0.3 is 4.52 Å². The minimum absolute atomic E-state index is 0.355. The normalized spacial score (nSPS) is 18.3. The predicted octanol–water partition coefficient (Wildman–Crippen LogP) is 3.79. The van der Waals surface area contributed by atoms with Crippen molar-refractivity contribution in [1.82, 2.24) is 29.6 Å². The third kappa shape index (κ3) is 4.06. The van der Waals surface area contributed by atoms with Crippen LogP contribution in [0.4, 0.5) is 0 Å². The standard InChI is InChI=1S/C19H24N6OS/c1-12(2)19-20-8-14(9-21-19)10-25-6-4-5-15(11-25)17-18(27-24-22-17)16-7-13(3)23-26-16/h7-9,12,15H,4-6,10-11H2,1-3H3. The summed E-state index contributed by atoms with van der Waals surface area (Å²) in [5, 5.41) is 8.43. The van der Waals surface area contributed by atoms with Crippen LogP contribution >= 0.6 is 11.5 Å². The van der Waals surface area contributed by atoms with Gasteiger partial charge in [-0.2, -0.15) is 0 Å². The lowest BCUT2D eigenvalue weighted by atomic mass is 9.93. The molecule has 0 amide bonds. The van der Waals surface area contributed by atoms with Crippen LogP contribution in [0.15, 0.2) is 23.0 Å². The highest BCUT2D eigenvalue weighted by Crippen LogP contribution is 2.35. The van der Waals surface area contributed by atoms with Gasteiger partial charge in [0.1, 0.15) is 10.7 Å². The molecule has 0 N–H and O–H groups in total. The molecule has 1 aliphatic heterocycles. The molecule has 0 spiro atoms. The van der Waals surface area contributed by atoms with E-state index in [0.29, 0.717) is 11.8 Å². The van der Waals surface area contributed by atoms with Crippen LogP contribution < -0.4 is 0 Å². The van der Waals surface area contributed by atoms with Gasteiger partial charge in [0.05, 0.1) is 11.4 Å². The minimum Gasteiger partial charge on any atom is -0.355 e. The Balaban J connectivity index is 1.47. The molecular weight excluding hydrogens is 360 g/mol. The van der Waals surface area contributed by atoms with E-state index in [1.807, 2.05) is 25.4 Å². The number of hydrogen-bond donors (Lipinski definition) is 0. The highest BCUT2D eigenvalue weighted by atomic mass is 32.1. The maximum Gasteiger partial charge on any atom is 0.180 e. The third-order valence-electron chi connectivity index (χ3n) is 4.91. The number of aryl methyl sites for hydroxylation is 1. The second kappa shape index (κ2) is 7.82. The summed E-state index contributed by atoms with van der Waals surface area (Å²) in [6, 6.07) is 1.95. The van der Waals surface area contributed by atoms with Gasteiger partial charge >= 0.3 is 0 Å². The largest absolute Gasteiger partial charge is 0.355 e. The highest BCUT2D eigenvalue weighted by molar-refractivity contribution is 7.09. The Morgan fingerprint density at radius 3 is 2.81 bits per heavy atom. The van der Waals surface area contributed by atoms with Gasteiger partial charge in [-0.25, -0.2) is 9.97 Å². The maximum absolute atomic E-state index is 5.44. The lowest BCUT2D eigenvalue weighted by molar-refractivity contribution is 0.198. The predicted molar refractivity (Wildman–Crippen MR) is 104 cm³/mol. The van der Waals surface area contributed by atoms with Crippen molar-refractivity contribution >= 4 is 11.5 Å². The molecule has 1 aliphatic rings. The fourth-order valence-electron chi connectivity index (χ4n) is 3.53. The summed E-state index contributed by atoms with van der Waals surface area (Å²) < 4.78 is 9.63. The van der Waals surface area contributed by atoms with Crippen molar-refractivity contribution in [3.05, 3.63) is 41.2 Å². The molecule has 4 heterocycles. The average molecular weight is 385 g/mol. The highest BCUT2D eigenvalue weighted by Gasteiger charge is 2.28. The van der Waals surface area contributed by atoms with Gasteiger partial charge in [-0.05, 0) is 37.8 Å². The van der Waals surface area contributed by atoms with E-state index in [2.05, 4.69) is 43.5 Å². The van der Waals surface area contributed by atoms with Crippen LogP contribution in [0.3, 0.4) is 0 Å². The molecule has 7 nitrogen and oxygen atoms in total. The fourth-order valence-corrected chi connectivity index (χ4v) is 4.23. The SMILES string of the molecule is Cc1cc(-c2snnc2C2CCCN(Cc3cnc(C(C)C)nc3)C2)on1. The number of piperidine rings is 1. The van der Waals surface area contributed by atoms with Crippen molar-refractivity contribution in [3.8, 4) is 10.6 Å². The smallest absolute Gasteiger partial charge is 0.180 e. The zero-order valence-electron chi connectivity index (χ0n) is 15.9. The second-order valence-corrected chi connectivity index (χ2v) is 8.25. The Hall–Kier alpha value is -2.19. The van der Waals surface area contributed by atoms with Crippen molar-refractivity contribution in [2.24, 2.45) is 0 Å². The Morgan fingerprint density at radius 2 is 2.11 bits per heavy atom. The summed E-state index contributed by atoms with van der Waals surface area (Å²) >= 11 is 1.39. The molecule has 0 radical (unpaired) electrons. The van der Waals surface area contributed by atoms with Crippen LogP contribution in [0, 0.1) is 6.92 Å². The molecule has 1 saturated heterocycles. The van der Waals surface area contributed by atoms with Gasteiger partial charge in [0.2, 0.25) is 0 Å². The second-order valence-electron chi connectivity index (χ2n) is 7.50. The first-order chi connectivity index (χ1) is 13.1. The summed E-state index contributed by atoms with van der Waals surface area (Å²) in [5.74, 6) is 2.38. The molecule has 3 aromatic rings. The van der Waals surface area contributed by atoms with E-state index in [9.17, 15) is 0 Å². The van der Waals surface area contributed by atoms with E-state index in [1.54, 1.807) is 0 Å². The van der Waals surface area contributed by atoms with E-state index < -0.39 is 0 Å². The van der Waals surface area contributed by atoms with E-state index >= 15 is 0 Å². The lowest BCUT2D eigenvalue weighted by Crippen LogP contribution is -2.34. The molecular formula is C19H24N6OS. The third-order valence-corrected chi connectivity index (χ3v) is 5.66. The molecule has 1 unspecified atom stereocenters. The summed E-state index contributed by atoms with van der Waals surface area (Å²) in [5.41, 5.74) is 3.06. The van der Waals surface area contributed by atoms with E-state index in [-0.39, 0.29) is 0 Å². The van der Waals surface area contributed by atoms with Crippen molar-refractivity contribution in [2.45, 2.75) is 52.0 Å². The monoisotopic (exact) mass is 384 g/mol.